The van der Waals surface area contributed by atoms with Gasteiger partial charge < -0.3 is 4.90 Å². The number of rotatable bonds is 7. The van der Waals surface area contributed by atoms with Crippen molar-refractivity contribution in [2.24, 2.45) is 5.92 Å². The highest BCUT2D eigenvalue weighted by Gasteiger charge is 2.17. The SMILES string of the molecule is CCC(CC)N(CC(C)C)c1ccc(CBr)c(Cl)c1. The molecule has 0 fully saturated rings. The molecule has 0 saturated heterocycles. The molecule has 0 radical (unpaired) electrons. The fourth-order valence-electron chi connectivity index (χ4n) is 2.41. The van der Waals surface area contributed by atoms with Crippen LogP contribution in [0.25, 0.3) is 0 Å². The molecule has 0 N–H and O–H groups in total. The van der Waals surface area contributed by atoms with E-state index < -0.39 is 0 Å². The highest BCUT2D eigenvalue weighted by Crippen LogP contribution is 2.28. The second-order valence-corrected chi connectivity index (χ2v) is 6.39. The van der Waals surface area contributed by atoms with Gasteiger partial charge in [-0.3, -0.25) is 0 Å². The summed E-state index contributed by atoms with van der Waals surface area (Å²) in [6.45, 7) is 10.1. The summed E-state index contributed by atoms with van der Waals surface area (Å²) in [5.41, 5.74) is 2.40. The van der Waals surface area contributed by atoms with Gasteiger partial charge in [0.2, 0.25) is 0 Å². The third-order valence-corrected chi connectivity index (χ3v) is 4.41. The van der Waals surface area contributed by atoms with Gasteiger partial charge in [0.1, 0.15) is 0 Å². The van der Waals surface area contributed by atoms with Crippen molar-refractivity contribution in [1.29, 1.82) is 0 Å². The van der Waals surface area contributed by atoms with Gasteiger partial charge in [-0.05, 0) is 36.5 Å². The summed E-state index contributed by atoms with van der Waals surface area (Å²) in [6.07, 6.45) is 2.34. The van der Waals surface area contributed by atoms with E-state index in [-0.39, 0.29) is 0 Å². The van der Waals surface area contributed by atoms with E-state index in [1.165, 1.54) is 18.5 Å². The zero-order valence-corrected chi connectivity index (χ0v) is 14.8. The number of halogens is 2. The first-order valence-electron chi connectivity index (χ1n) is 7.14. The molecular formula is C16H25BrClN. The van der Waals surface area contributed by atoms with Crippen LogP contribution in [-0.4, -0.2) is 12.6 Å². The second kappa shape index (κ2) is 8.16. The van der Waals surface area contributed by atoms with Crippen LogP contribution in [0.5, 0.6) is 0 Å². The van der Waals surface area contributed by atoms with Gasteiger partial charge in [0.15, 0.2) is 0 Å². The van der Waals surface area contributed by atoms with Crippen LogP contribution in [0, 0.1) is 5.92 Å². The summed E-state index contributed by atoms with van der Waals surface area (Å²) < 4.78 is 0. The summed E-state index contributed by atoms with van der Waals surface area (Å²) in [5.74, 6) is 0.648. The van der Waals surface area contributed by atoms with Gasteiger partial charge in [-0.2, -0.15) is 0 Å². The minimum atomic E-state index is 0.591. The Morgan fingerprint density at radius 1 is 1.21 bits per heavy atom. The van der Waals surface area contributed by atoms with Crippen molar-refractivity contribution >= 4 is 33.2 Å². The fraction of sp³-hybridized carbons (Fsp3) is 0.625. The summed E-state index contributed by atoms with van der Waals surface area (Å²) in [6, 6.07) is 7.03. The van der Waals surface area contributed by atoms with E-state index in [1.54, 1.807) is 0 Å². The van der Waals surface area contributed by atoms with Gasteiger partial charge in [0.25, 0.3) is 0 Å². The van der Waals surface area contributed by atoms with E-state index in [0.717, 1.165) is 22.5 Å². The highest BCUT2D eigenvalue weighted by molar-refractivity contribution is 9.08. The molecule has 0 aromatic heterocycles. The lowest BCUT2D eigenvalue weighted by atomic mass is 10.1. The Balaban J connectivity index is 3.05. The monoisotopic (exact) mass is 345 g/mol. The van der Waals surface area contributed by atoms with Crippen molar-refractivity contribution < 1.29 is 0 Å². The van der Waals surface area contributed by atoms with Gasteiger partial charge >= 0.3 is 0 Å². The Morgan fingerprint density at radius 2 is 1.84 bits per heavy atom. The third kappa shape index (κ3) is 4.68. The number of hydrogen-bond donors (Lipinski definition) is 0. The second-order valence-electron chi connectivity index (χ2n) is 5.43. The summed E-state index contributed by atoms with van der Waals surface area (Å²) >= 11 is 9.81. The number of nitrogens with zero attached hydrogens (tertiary/aromatic N) is 1. The predicted octanol–water partition coefficient (Wildman–Crippen LogP) is 5.89. The molecule has 1 rings (SSSR count). The number of benzene rings is 1. The Bertz CT molecular complexity index is 388. The summed E-state index contributed by atoms with van der Waals surface area (Å²) in [7, 11) is 0. The van der Waals surface area contributed by atoms with Crippen molar-refractivity contribution in [3.63, 3.8) is 0 Å². The van der Waals surface area contributed by atoms with Crippen LogP contribution < -0.4 is 4.90 Å². The maximum atomic E-state index is 6.34. The van der Waals surface area contributed by atoms with Crippen LogP contribution in [0.1, 0.15) is 46.1 Å². The van der Waals surface area contributed by atoms with Crippen LogP contribution in [-0.2, 0) is 5.33 Å². The molecule has 108 valence electrons. The molecule has 0 heterocycles. The van der Waals surface area contributed by atoms with E-state index in [0.29, 0.717) is 12.0 Å². The average molecular weight is 347 g/mol. The first-order chi connectivity index (χ1) is 9.03. The molecule has 0 spiro atoms. The molecule has 0 aliphatic heterocycles. The van der Waals surface area contributed by atoms with Crippen LogP contribution in [0.2, 0.25) is 5.02 Å². The lowest BCUT2D eigenvalue weighted by molar-refractivity contribution is 0.507. The quantitative estimate of drug-likeness (QED) is 0.557. The molecule has 0 amide bonds. The molecule has 0 bridgehead atoms. The van der Waals surface area contributed by atoms with Gasteiger partial charge in [-0.1, -0.05) is 61.3 Å². The summed E-state index contributed by atoms with van der Waals surface area (Å²) in [4.78, 5) is 2.51. The van der Waals surface area contributed by atoms with Gasteiger partial charge in [0.05, 0.1) is 0 Å². The molecular weight excluding hydrogens is 322 g/mol. The Labute approximate surface area is 131 Å². The average Bonchev–Trinajstić information content (AvgIpc) is 2.38. The Morgan fingerprint density at radius 3 is 2.26 bits per heavy atom. The molecule has 0 saturated carbocycles. The van der Waals surface area contributed by atoms with Gasteiger partial charge in [0, 0.05) is 28.6 Å². The van der Waals surface area contributed by atoms with E-state index in [4.69, 9.17) is 11.6 Å². The predicted molar refractivity (Wildman–Crippen MR) is 90.6 cm³/mol. The summed E-state index contributed by atoms with van der Waals surface area (Å²) in [5, 5.41) is 1.66. The Hall–Kier alpha value is -0.210. The molecule has 1 aromatic carbocycles. The lowest BCUT2D eigenvalue weighted by Gasteiger charge is -2.34. The number of hydrogen-bond acceptors (Lipinski definition) is 1. The number of alkyl halides is 1. The van der Waals surface area contributed by atoms with Crippen LogP contribution in [0.4, 0.5) is 5.69 Å². The number of anilines is 1. The lowest BCUT2D eigenvalue weighted by Crippen LogP contribution is -2.37. The Kier molecular flexibility index (Phi) is 7.23. The van der Waals surface area contributed by atoms with Crippen molar-refractivity contribution in [3.05, 3.63) is 28.8 Å². The normalized spacial score (nSPS) is 11.4. The highest BCUT2D eigenvalue weighted by atomic mass is 79.9. The van der Waals surface area contributed by atoms with Gasteiger partial charge in [-0.15, -0.1) is 0 Å². The fourth-order valence-corrected chi connectivity index (χ4v) is 3.30. The zero-order valence-electron chi connectivity index (χ0n) is 12.4. The first kappa shape index (κ1) is 16.8. The van der Waals surface area contributed by atoms with E-state index >= 15 is 0 Å². The molecule has 1 nitrogen and oxygen atoms in total. The zero-order chi connectivity index (χ0) is 14.4. The minimum Gasteiger partial charge on any atom is -0.368 e. The molecule has 0 aliphatic carbocycles. The molecule has 19 heavy (non-hydrogen) atoms. The maximum Gasteiger partial charge on any atom is 0.0467 e. The minimum absolute atomic E-state index is 0.591. The molecule has 1 aromatic rings. The standard InChI is InChI=1S/C16H25BrClN/c1-5-14(6-2)19(11-12(3)4)15-8-7-13(10-17)16(18)9-15/h7-9,12,14H,5-6,10-11H2,1-4H3. The van der Waals surface area contributed by atoms with Crippen molar-refractivity contribution in [3.8, 4) is 0 Å². The van der Waals surface area contributed by atoms with Crippen LogP contribution in [0.3, 0.4) is 0 Å². The van der Waals surface area contributed by atoms with E-state index in [9.17, 15) is 0 Å². The van der Waals surface area contributed by atoms with Crippen molar-refractivity contribution in [2.45, 2.75) is 51.9 Å². The molecule has 0 aliphatic rings. The molecule has 3 heteroatoms. The van der Waals surface area contributed by atoms with Crippen molar-refractivity contribution in [2.75, 3.05) is 11.4 Å². The molecule has 0 unspecified atom stereocenters. The topological polar surface area (TPSA) is 3.24 Å². The maximum absolute atomic E-state index is 6.34. The third-order valence-electron chi connectivity index (χ3n) is 3.46. The van der Waals surface area contributed by atoms with Crippen LogP contribution in [0.15, 0.2) is 18.2 Å². The largest absolute Gasteiger partial charge is 0.368 e. The van der Waals surface area contributed by atoms with E-state index in [1.807, 2.05) is 0 Å². The molecule has 0 atom stereocenters. The van der Waals surface area contributed by atoms with Crippen LogP contribution >= 0.6 is 27.5 Å². The van der Waals surface area contributed by atoms with Gasteiger partial charge in [-0.25, -0.2) is 0 Å². The van der Waals surface area contributed by atoms with Crippen molar-refractivity contribution in [1.82, 2.24) is 0 Å². The van der Waals surface area contributed by atoms with E-state index in [2.05, 4.69) is 66.7 Å². The smallest absolute Gasteiger partial charge is 0.0467 e. The first-order valence-corrected chi connectivity index (χ1v) is 8.64.